The van der Waals surface area contributed by atoms with Gasteiger partial charge in [0.05, 0.1) is 25.8 Å². The molecular weight excluding hydrogens is 268 g/mol. The molecule has 0 unspecified atom stereocenters. The van der Waals surface area contributed by atoms with E-state index in [1.807, 2.05) is 45.9 Å². The molecule has 0 saturated carbocycles. The Labute approximate surface area is 126 Å². The van der Waals surface area contributed by atoms with Gasteiger partial charge in [-0.15, -0.1) is 0 Å². The normalized spacial score (nSPS) is 15.7. The van der Waals surface area contributed by atoms with Crippen molar-refractivity contribution in [2.75, 3.05) is 18.8 Å². The summed E-state index contributed by atoms with van der Waals surface area (Å²) in [5.41, 5.74) is 8.31. The third kappa shape index (κ3) is 4.36. The van der Waals surface area contributed by atoms with E-state index >= 15 is 0 Å². The van der Waals surface area contributed by atoms with Crippen LogP contribution in [-0.2, 0) is 16.1 Å². The number of nitrogen functional groups attached to an aromatic ring is 1. The molecule has 1 aliphatic heterocycles. The predicted octanol–water partition coefficient (Wildman–Crippen LogP) is 2.71. The maximum atomic E-state index is 11.8. The number of aryl methyl sites for hydroxylation is 1. The summed E-state index contributed by atoms with van der Waals surface area (Å²) in [4.78, 5) is 13.4. The third-order valence-electron chi connectivity index (χ3n) is 3.35. The summed E-state index contributed by atoms with van der Waals surface area (Å²) in [6, 6.07) is 5.80. The van der Waals surface area contributed by atoms with Crippen LogP contribution in [0.1, 0.15) is 31.9 Å². The van der Waals surface area contributed by atoms with E-state index in [1.54, 1.807) is 4.90 Å². The Hall–Kier alpha value is -1.75. The van der Waals surface area contributed by atoms with Gasteiger partial charge in [-0.25, -0.2) is 4.79 Å². The molecule has 0 bridgehead atoms. The molecule has 21 heavy (non-hydrogen) atoms. The van der Waals surface area contributed by atoms with Crippen LogP contribution in [0.15, 0.2) is 18.2 Å². The third-order valence-corrected chi connectivity index (χ3v) is 3.35. The average molecular weight is 292 g/mol. The Morgan fingerprint density at radius 3 is 2.67 bits per heavy atom. The predicted molar refractivity (Wildman–Crippen MR) is 82.0 cm³/mol. The van der Waals surface area contributed by atoms with E-state index in [4.69, 9.17) is 15.2 Å². The van der Waals surface area contributed by atoms with Gasteiger partial charge in [-0.3, -0.25) is 0 Å². The number of carbonyl (C=O) groups excluding carboxylic acids is 1. The van der Waals surface area contributed by atoms with Crippen molar-refractivity contribution in [3.63, 3.8) is 0 Å². The highest BCUT2D eigenvalue weighted by molar-refractivity contribution is 5.69. The van der Waals surface area contributed by atoms with Gasteiger partial charge in [-0.1, -0.05) is 6.07 Å². The fourth-order valence-corrected chi connectivity index (χ4v) is 2.07. The molecule has 2 N–H and O–H groups in total. The topological polar surface area (TPSA) is 64.8 Å². The van der Waals surface area contributed by atoms with E-state index < -0.39 is 5.60 Å². The number of nitrogens with zero attached hydrogens (tertiary/aromatic N) is 1. The van der Waals surface area contributed by atoms with Crippen LogP contribution in [0.2, 0.25) is 0 Å². The van der Waals surface area contributed by atoms with Gasteiger partial charge < -0.3 is 20.1 Å². The van der Waals surface area contributed by atoms with Crippen molar-refractivity contribution < 1.29 is 14.3 Å². The molecule has 0 aromatic heterocycles. The number of rotatable bonds is 3. The van der Waals surface area contributed by atoms with Crippen molar-refractivity contribution in [2.24, 2.45) is 0 Å². The number of hydrogen-bond acceptors (Lipinski definition) is 4. The lowest BCUT2D eigenvalue weighted by molar-refractivity contribution is -0.0692. The maximum absolute atomic E-state index is 11.8. The van der Waals surface area contributed by atoms with Crippen LogP contribution < -0.4 is 5.73 Å². The monoisotopic (exact) mass is 292 g/mol. The highest BCUT2D eigenvalue weighted by Gasteiger charge is 2.34. The van der Waals surface area contributed by atoms with Gasteiger partial charge in [0, 0.05) is 5.69 Å². The van der Waals surface area contributed by atoms with Gasteiger partial charge in [0.1, 0.15) is 5.60 Å². The smallest absolute Gasteiger partial charge is 0.410 e. The lowest BCUT2D eigenvalue weighted by atomic mass is 10.1. The zero-order valence-corrected chi connectivity index (χ0v) is 13.2. The molecule has 1 amide bonds. The first-order chi connectivity index (χ1) is 9.74. The van der Waals surface area contributed by atoms with Gasteiger partial charge in [-0.05, 0) is 51.0 Å². The number of amides is 1. The lowest BCUT2D eigenvalue weighted by Gasteiger charge is -2.39. The number of carbonyl (C=O) groups is 1. The first-order valence-electron chi connectivity index (χ1n) is 7.19. The maximum Gasteiger partial charge on any atom is 0.410 e. The zero-order valence-electron chi connectivity index (χ0n) is 13.2. The Bertz CT molecular complexity index is 517. The van der Waals surface area contributed by atoms with E-state index in [0.717, 1.165) is 16.8 Å². The first-order valence-corrected chi connectivity index (χ1v) is 7.19. The van der Waals surface area contributed by atoms with Crippen molar-refractivity contribution in [3.8, 4) is 0 Å². The second-order valence-corrected chi connectivity index (χ2v) is 6.50. The summed E-state index contributed by atoms with van der Waals surface area (Å²) in [5.74, 6) is 0. The minimum atomic E-state index is -0.457. The van der Waals surface area contributed by atoms with Gasteiger partial charge in [0.2, 0.25) is 0 Å². The minimum Gasteiger partial charge on any atom is -0.444 e. The Morgan fingerprint density at radius 2 is 2.05 bits per heavy atom. The van der Waals surface area contributed by atoms with Gasteiger partial charge in [0.15, 0.2) is 0 Å². The lowest BCUT2D eigenvalue weighted by Crippen LogP contribution is -2.55. The molecule has 1 aromatic carbocycles. The van der Waals surface area contributed by atoms with Gasteiger partial charge in [0.25, 0.3) is 0 Å². The molecular formula is C16H24N2O3. The fourth-order valence-electron chi connectivity index (χ4n) is 2.07. The van der Waals surface area contributed by atoms with E-state index in [-0.39, 0.29) is 12.2 Å². The van der Waals surface area contributed by atoms with Crippen LogP contribution >= 0.6 is 0 Å². The van der Waals surface area contributed by atoms with Crippen LogP contribution in [0.4, 0.5) is 10.5 Å². The summed E-state index contributed by atoms with van der Waals surface area (Å²) in [6.07, 6.45) is -0.208. The van der Waals surface area contributed by atoms with Crippen molar-refractivity contribution in [3.05, 3.63) is 29.3 Å². The zero-order chi connectivity index (χ0) is 15.6. The van der Waals surface area contributed by atoms with Crippen molar-refractivity contribution in [1.82, 2.24) is 4.90 Å². The molecule has 5 nitrogen and oxygen atoms in total. The standard InChI is InChI=1S/C16H24N2O3/c1-11-5-6-13(17)7-12(11)10-20-14-8-18(9-14)15(19)21-16(2,3)4/h5-7,14H,8-10,17H2,1-4H3. The molecule has 0 atom stereocenters. The Morgan fingerprint density at radius 1 is 1.38 bits per heavy atom. The number of hydrogen-bond donors (Lipinski definition) is 1. The summed E-state index contributed by atoms with van der Waals surface area (Å²) in [6.45, 7) is 9.30. The van der Waals surface area contributed by atoms with E-state index in [1.165, 1.54) is 0 Å². The molecule has 1 aliphatic rings. The number of anilines is 1. The molecule has 2 rings (SSSR count). The van der Waals surface area contributed by atoms with Crippen molar-refractivity contribution in [2.45, 2.75) is 46.0 Å². The van der Waals surface area contributed by atoms with Crippen LogP contribution in [0.5, 0.6) is 0 Å². The molecule has 0 spiro atoms. The summed E-state index contributed by atoms with van der Waals surface area (Å²) in [5, 5.41) is 0. The number of nitrogens with two attached hydrogens (primary N) is 1. The molecule has 0 aliphatic carbocycles. The highest BCUT2D eigenvalue weighted by Crippen LogP contribution is 2.20. The average Bonchev–Trinajstić information content (AvgIpc) is 2.29. The van der Waals surface area contributed by atoms with E-state index in [0.29, 0.717) is 19.7 Å². The second-order valence-electron chi connectivity index (χ2n) is 6.50. The van der Waals surface area contributed by atoms with Crippen LogP contribution in [-0.4, -0.2) is 35.8 Å². The first kappa shape index (κ1) is 15.6. The highest BCUT2D eigenvalue weighted by atomic mass is 16.6. The SMILES string of the molecule is Cc1ccc(N)cc1COC1CN(C(=O)OC(C)(C)C)C1. The van der Waals surface area contributed by atoms with Crippen molar-refractivity contribution in [1.29, 1.82) is 0 Å². The summed E-state index contributed by atoms with van der Waals surface area (Å²) >= 11 is 0. The van der Waals surface area contributed by atoms with E-state index in [9.17, 15) is 4.79 Å². The fraction of sp³-hybridized carbons (Fsp3) is 0.562. The minimum absolute atomic E-state index is 0.0679. The summed E-state index contributed by atoms with van der Waals surface area (Å²) in [7, 11) is 0. The largest absolute Gasteiger partial charge is 0.444 e. The molecule has 0 radical (unpaired) electrons. The molecule has 116 valence electrons. The van der Waals surface area contributed by atoms with Crippen LogP contribution in [0.25, 0.3) is 0 Å². The van der Waals surface area contributed by atoms with Crippen molar-refractivity contribution >= 4 is 11.8 Å². The molecule has 1 saturated heterocycles. The number of benzene rings is 1. The Balaban J connectivity index is 1.76. The molecule has 1 heterocycles. The van der Waals surface area contributed by atoms with Gasteiger partial charge in [-0.2, -0.15) is 0 Å². The van der Waals surface area contributed by atoms with Gasteiger partial charge >= 0.3 is 6.09 Å². The number of ether oxygens (including phenoxy) is 2. The van der Waals surface area contributed by atoms with E-state index in [2.05, 4.69) is 0 Å². The second kappa shape index (κ2) is 5.93. The summed E-state index contributed by atoms with van der Waals surface area (Å²) < 4.78 is 11.1. The van der Waals surface area contributed by atoms with Crippen LogP contribution in [0, 0.1) is 6.92 Å². The number of likely N-dealkylation sites (tertiary alicyclic amines) is 1. The molecule has 5 heteroatoms. The Kier molecular flexibility index (Phi) is 4.42. The molecule has 1 aromatic rings. The van der Waals surface area contributed by atoms with Crippen LogP contribution in [0.3, 0.4) is 0 Å². The molecule has 1 fully saturated rings. The quantitative estimate of drug-likeness (QED) is 0.870.